The van der Waals surface area contributed by atoms with E-state index in [0.29, 0.717) is 0 Å². The Bertz CT molecular complexity index is 265. The zero-order valence-electron chi connectivity index (χ0n) is 10.6. The zero-order chi connectivity index (χ0) is 12.3. The molecule has 0 atom stereocenters. The molecular weight excluding hydrogens is 254 g/mol. The monoisotopic (exact) mass is 275 g/mol. The SMILES string of the molecule is CCCNCCn1nnnc1SCCCSC. The molecule has 0 fully saturated rings. The highest BCUT2D eigenvalue weighted by Crippen LogP contribution is 2.15. The normalized spacial score (nSPS) is 10.9. The van der Waals surface area contributed by atoms with Crippen LogP contribution in [-0.4, -0.2) is 51.1 Å². The molecule has 0 aliphatic carbocycles. The number of nitrogens with one attached hydrogen (secondary N) is 1. The summed E-state index contributed by atoms with van der Waals surface area (Å²) < 4.78 is 1.88. The van der Waals surface area contributed by atoms with Gasteiger partial charge in [-0.15, -0.1) is 5.10 Å². The summed E-state index contributed by atoms with van der Waals surface area (Å²) in [7, 11) is 0. The van der Waals surface area contributed by atoms with Crippen molar-refractivity contribution in [2.24, 2.45) is 0 Å². The molecule has 17 heavy (non-hydrogen) atoms. The molecule has 1 N–H and O–H groups in total. The van der Waals surface area contributed by atoms with E-state index in [4.69, 9.17) is 0 Å². The molecule has 0 aliphatic heterocycles. The summed E-state index contributed by atoms with van der Waals surface area (Å²) in [6.07, 6.45) is 4.49. The lowest BCUT2D eigenvalue weighted by Gasteiger charge is -2.05. The molecule has 0 saturated carbocycles. The van der Waals surface area contributed by atoms with Crippen LogP contribution >= 0.6 is 23.5 Å². The first-order valence-electron chi connectivity index (χ1n) is 5.97. The van der Waals surface area contributed by atoms with Crippen molar-refractivity contribution < 1.29 is 0 Å². The molecule has 7 heteroatoms. The van der Waals surface area contributed by atoms with Gasteiger partial charge in [0.05, 0.1) is 6.54 Å². The number of rotatable bonds is 10. The first-order valence-corrected chi connectivity index (χ1v) is 8.35. The molecule has 1 aromatic rings. The second-order valence-electron chi connectivity index (χ2n) is 3.63. The highest BCUT2D eigenvalue weighted by atomic mass is 32.2. The molecule has 1 rings (SSSR count). The van der Waals surface area contributed by atoms with Crippen molar-refractivity contribution in [3.63, 3.8) is 0 Å². The summed E-state index contributed by atoms with van der Waals surface area (Å²) in [5.41, 5.74) is 0. The van der Waals surface area contributed by atoms with Crippen LogP contribution in [0.15, 0.2) is 5.16 Å². The number of thioether (sulfide) groups is 2. The minimum Gasteiger partial charge on any atom is -0.315 e. The average Bonchev–Trinajstić information content (AvgIpc) is 2.78. The Morgan fingerprint density at radius 3 is 2.94 bits per heavy atom. The van der Waals surface area contributed by atoms with Gasteiger partial charge in [0.2, 0.25) is 5.16 Å². The molecule has 5 nitrogen and oxygen atoms in total. The molecular formula is C10H21N5S2. The molecule has 0 radical (unpaired) electrons. The molecule has 0 aliphatic rings. The maximum absolute atomic E-state index is 4.04. The fourth-order valence-corrected chi connectivity index (χ4v) is 2.75. The molecule has 1 aromatic heterocycles. The van der Waals surface area contributed by atoms with E-state index in [1.807, 2.05) is 16.4 Å². The van der Waals surface area contributed by atoms with Gasteiger partial charge in [-0.05, 0) is 41.8 Å². The predicted octanol–water partition coefficient (Wildman–Crippen LogP) is 1.52. The van der Waals surface area contributed by atoms with E-state index >= 15 is 0 Å². The third-order valence-corrected chi connectivity index (χ3v) is 3.89. The molecule has 0 bridgehead atoms. The van der Waals surface area contributed by atoms with Crippen molar-refractivity contribution in [1.82, 2.24) is 25.5 Å². The van der Waals surface area contributed by atoms with Crippen LogP contribution in [0.4, 0.5) is 0 Å². The third kappa shape index (κ3) is 6.28. The van der Waals surface area contributed by atoms with E-state index in [9.17, 15) is 0 Å². The summed E-state index contributed by atoms with van der Waals surface area (Å²) in [4.78, 5) is 0. The molecule has 1 heterocycles. The lowest BCUT2D eigenvalue weighted by Crippen LogP contribution is -2.21. The van der Waals surface area contributed by atoms with Crippen LogP contribution in [0.5, 0.6) is 0 Å². The smallest absolute Gasteiger partial charge is 0.209 e. The van der Waals surface area contributed by atoms with Crippen LogP contribution in [0.25, 0.3) is 0 Å². The Labute approximate surface area is 111 Å². The second kappa shape index (κ2) is 9.73. The highest BCUT2D eigenvalue weighted by molar-refractivity contribution is 7.99. The van der Waals surface area contributed by atoms with Crippen molar-refractivity contribution in [3.05, 3.63) is 0 Å². The Morgan fingerprint density at radius 1 is 1.29 bits per heavy atom. The molecule has 0 aromatic carbocycles. The van der Waals surface area contributed by atoms with Crippen molar-refractivity contribution in [2.45, 2.75) is 31.5 Å². The quantitative estimate of drug-likeness (QED) is 0.516. The fourth-order valence-electron chi connectivity index (χ4n) is 1.29. The number of tetrazole rings is 1. The molecule has 0 amide bonds. The summed E-state index contributed by atoms with van der Waals surface area (Å²) >= 11 is 3.62. The van der Waals surface area contributed by atoms with Crippen LogP contribution in [0.1, 0.15) is 19.8 Å². The Kier molecular flexibility index (Phi) is 8.46. The van der Waals surface area contributed by atoms with Crippen molar-refractivity contribution in [3.8, 4) is 0 Å². The summed E-state index contributed by atoms with van der Waals surface area (Å²) in [5, 5.41) is 16.1. The Balaban J connectivity index is 2.22. The summed E-state index contributed by atoms with van der Waals surface area (Å²) in [5.74, 6) is 2.29. The van der Waals surface area contributed by atoms with Gasteiger partial charge >= 0.3 is 0 Å². The van der Waals surface area contributed by atoms with Gasteiger partial charge in [-0.2, -0.15) is 11.8 Å². The number of hydrogen-bond donors (Lipinski definition) is 1. The lowest BCUT2D eigenvalue weighted by atomic mass is 10.5. The second-order valence-corrected chi connectivity index (χ2v) is 5.68. The molecule has 0 unspecified atom stereocenters. The van der Waals surface area contributed by atoms with E-state index in [1.165, 1.54) is 12.2 Å². The number of hydrogen-bond acceptors (Lipinski definition) is 6. The lowest BCUT2D eigenvalue weighted by molar-refractivity contribution is 0.510. The Morgan fingerprint density at radius 2 is 2.18 bits per heavy atom. The first-order chi connectivity index (χ1) is 8.38. The van der Waals surface area contributed by atoms with Crippen LogP contribution in [0.3, 0.4) is 0 Å². The minimum atomic E-state index is 0.845. The van der Waals surface area contributed by atoms with Gasteiger partial charge in [0.1, 0.15) is 0 Å². The standard InChI is InChI=1S/C10H21N5S2/c1-3-5-11-6-7-15-10(12-13-14-15)17-9-4-8-16-2/h11H,3-9H2,1-2H3. The van der Waals surface area contributed by atoms with E-state index in [2.05, 4.69) is 34.0 Å². The summed E-state index contributed by atoms with van der Waals surface area (Å²) in [6.45, 7) is 4.99. The van der Waals surface area contributed by atoms with Crippen LogP contribution in [-0.2, 0) is 6.54 Å². The molecule has 0 spiro atoms. The van der Waals surface area contributed by atoms with Gasteiger partial charge in [-0.3, -0.25) is 0 Å². The van der Waals surface area contributed by atoms with Crippen LogP contribution in [0, 0.1) is 0 Å². The van der Waals surface area contributed by atoms with E-state index in [-0.39, 0.29) is 0 Å². The Hall–Kier alpha value is -0.270. The average molecular weight is 275 g/mol. The van der Waals surface area contributed by atoms with Gasteiger partial charge in [0.15, 0.2) is 0 Å². The first kappa shape index (κ1) is 14.8. The minimum absolute atomic E-state index is 0.845. The van der Waals surface area contributed by atoms with Crippen LogP contribution < -0.4 is 5.32 Å². The number of aromatic nitrogens is 4. The fraction of sp³-hybridized carbons (Fsp3) is 0.900. The van der Waals surface area contributed by atoms with Gasteiger partial charge in [-0.25, -0.2) is 4.68 Å². The van der Waals surface area contributed by atoms with Gasteiger partial charge in [0.25, 0.3) is 0 Å². The van der Waals surface area contributed by atoms with Gasteiger partial charge in [-0.1, -0.05) is 18.7 Å². The summed E-state index contributed by atoms with van der Waals surface area (Å²) in [6, 6.07) is 0. The van der Waals surface area contributed by atoms with Crippen LogP contribution in [0.2, 0.25) is 0 Å². The van der Waals surface area contributed by atoms with Crippen molar-refractivity contribution in [1.29, 1.82) is 0 Å². The number of nitrogens with zero attached hydrogens (tertiary/aromatic N) is 4. The van der Waals surface area contributed by atoms with E-state index in [0.717, 1.165) is 37.0 Å². The topological polar surface area (TPSA) is 55.6 Å². The van der Waals surface area contributed by atoms with E-state index in [1.54, 1.807) is 11.8 Å². The van der Waals surface area contributed by atoms with E-state index < -0.39 is 0 Å². The molecule has 0 saturated heterocycles. The maximum atomic E-state index is 4.04. The largest absolute Gasteiger partial charge is 0.315 e. The van der Waals surface area contributed by atoms with Gasteiger partial charge in [0, 0.05) is 12.3 Å². The van der Waals surface area contributed by atoms with Gasteiger partial charge < -0.3 is 5.32 Å². The zero-order valence-corrected chi connectivity index (χ0v) is 12.2. The highest BCUT2D eigenvalue weighted by Gasteiger charge is 2.05. The van der Waals surface area contributed by atoms with Crippen molar-refractivity contribution in [2.75, 3.05) is 30.9 Å². The predicted molar refractivity (Wildman–Crippen MR) is 74.7 cm³/mol. The molecule has 98 valence electrons. The third-order valence-electron chi connectivity index (χ3n) is 2.15. The van der Waals surface area contributed by atoms with Crippen molar-refractivity contribution >= 4 is 23.5 Å². The maximum Gasteiger partial charge on any atom is 0.209 e.